The lowest BCUT2D eigenvalue weighted by atomic mass is 10.1. The highest BCUT2D eigenvalue weighted by atomic mass is 127. The van der Waals surface area contributed by atoms with E-state index >= 15 is 0 Å². The van der Waals surface area contributed by atoms with Crippen LogP contribution in [0.2, 0.25) is 0 Å². The smallest absolute Gasteiger partial charge is 0.162 e. The van der Waals surface area contributed by atoms with Crippen LogP contribution in [0.25, 0.3) is 0 Å². The van der Waals surface area contributed by atoms with E-state index in [1.807, 2.05) is 19.1 Å². The first kappa shape index (κ1) is 12.9. The van der Waals surface area contributed by atoms with Crippen LogP contribution in [0.5, 0.6) is 0 Å². The van der Waals surface area contributed by atoms with E-state index < -0.39 is 19.2 Å². The average Bonchev–Trinajstić information content (AvgIpc) is 2.15. The van der Waals surface area contributed by atoms with E-state index in [0.717, 1.165) is 11.8 Å². The van der Waals surface area contributed by atoms with E-state index in [4.69, 9.17) is 0 Å². The molecule has 0 spiro atoms. The molecule has 0 saturated heterocycles. The molecule has 0 aliphatic rings. The second kappa shape index (κ2) is 4.80. The summed E-state index contributed by atoms with van der Waals surface area (Å²) in [4.78, 5) is 0. The minimum Gasteiger partial charge on any atom is -0.386 e. The molecule has 5 heteroatoms. The number of aliphatic hydroxyl groups is 1. The van der Waals surface area contributed by atoms with Crippen LogP contribution in [0.15, 0.2) is 24.3 Å². The summed E-state index contributed by atoms with van der Waals surface area (Å²) in [5.41, 5.74) is 1.71. The zero-order valence-electron chi connectivity index (χ0n) is 8.51. The lowest BCUT2D eigenvalue weighted by molar-refractivity contribution is 0.197. The van der Waals surface area contributed by atoms with Gasteiger partial charge in [-0.1, -0.05) is 52.4 Å². The Morgan fingerprint density at radius 1 is 1.27 bits per heavy atom. The Morgan fingerprint density at radius 3 is 2.13 bits per heavy atom. The third-order valence-electron chi connectivity index (χ3n) is 2.08. The maximum absolute atomic E-state index is 11.2. The van der Waals surface area contributed by atoms with Crippen LogP contribution in [-0.2, 0) is 9.84 Å². The summed E-state index contributed by atoms with van der Waals surface area (Å²) >= 11 is 1.75. The van der Waals surface area contributed by atoms with Gasteiger partial charge in [-0.15, -0.1) is 0 Å². The van der Waals surface area contributed by atoms with Gasteiger partial charge in [0, 0.05) is 6.26 Å². The van der Waals surface area contributed by atoms with E-state index in [9.17, 15) is 13.5 Å². The molecule has 15 heavy (non-hydrogen) atoms. The molecule has 0 amide bonds. The molecule has 1 aromatic carbocycles. The van der Waals surface area contributed by atoms with E-state index in [1.54, 1.807) is 34.7 Å². The number of aryl methyl sites for hydroxylation is 1. The van der Waals surface area contributed by atoms with Gasteiger partial charge in [0.2, 0.25) is 0 Å². The van der Waals surface area contributed by atoms with E-state index in [2.05, 4.69) is 0 Å². The summed E-state index contributed by atoms with van der Waals surface area (Å²) in [6.45, 7) is 1.94. The Labute approximate surface area is 104 Å². The summed E-state index contributed by atoms with van der Waals surface area (Å²) in [5.74, 6) is 0. The van der Waals surface area contributed by atoms with Crippen LogP contribution in [0.3, 0.4) is 0 Å². The fraction of sp³-hybridized carbons (Fsp3) is 0.400. The van der Waals surface area contributed by atoms with Gasteiger partial charge in [-0.05, 0) is 12.5 Å². The second-order valence-corrected chi connectivity index (χ2v) is 7.89. The fourth-order valence-corrected chi connectivity index (χ4v) is 2.19. The SMILES string of the molecule is Cc1ccc([C@H](O)[C@@H](I)S(C)(=O)=O)cc1. The molecule has 0 fully saturated rings. The number of alkyl halides is 1. The molecule has 0 aromatic heterocycles. The summed E-state index contributed by atoms with van der Waals surface area (Å²) in [6, 6.07) is 7.20. The molecule has 0 saturated carbocycles. The maximum atomic E-state index is 11.2. The van der Waals surface area contributed by atoms with Crippen molar-refractivity contribution >= 4 is 32.4 Å². The molecule has 0 aliphatic heterocycles. The van der Waals surface area contributed by atoms with Crippen LogP contribution in [-0.4, -0.2) is 23.0 Å². The first-order valence-electron chi connectivity index (χ1n) is 4.40. The number of benzene rings is 1. The fourth-order valence-electron chi connectivity index (χ4n) is 1.15. The molecule has 1 rings (SSSR count). The molecule has 1 aromatic rings. The van der Waals surface area contributed by atoms with Crippen LogP contribution < -0.4 is 0 Å². The number of hydrogen-bond donors (Lipinski definition) is 1. The molecule has 1 N–H and O–H groups in total. The van der Waals surface area contributed by atoms with Gasteiger partial charge in [0.05, 0.1) is 0 Å². The normalized spacial score (nSPS) is 16.0. The van der Waals surface area contributed by atoms with Crippen molar-refractivity contribution in [1.29, 1.82) is 0 Å². The van der Waals surface area contributed by atoms with Gasteiger partial charge in [0.15, 0.2) is 9.84 Å². The van der Waals surface area contributed by atoms with Gasteiger partial charge >= 0.3 is 0 Å². The van der Waals surface area contributed by atoms with Crippen molar-refractivity contribution in [2.45, 2.75) is 16.3 Å². The summed E-state index contributed by atoms with van der Waals surface area (Å²) < 4.78 is 21.7. The Kier molecular flexibility index (Phi) is 4.13. The molecule has 0 radical (unpaired) electrons. The maximum Gasteiger partial charge on any atom is 0.162 e. The molecular weight excluding hydrogens is 327 g/mol. The van der Waals surface area contributed by atoms with Gasteiger partial charge in [0.25, 0.3) is 0 Å². The molecular formula is C10H13IO3S. The number of halogens is 1. The van der Waals surface area contributed by atoms with Crippen LogP contribution >= 0.6 is 22.6 Å². The zero-order valence-corrected chi connectivity index (χ0v) is 11.5. The standard InChI is InChI=1S/C10H13IO3S/c1-7-3-5-8(6-4-7)9(12)10(11)15(2,13)14/h3-6,9-10,12H,1-2H3/t9-,10-/m0/s1. The molecule has 0 aliphatic carbocycles. The van der Waals surface area contributed by atoms with Gasteiger partial charge in [0.1, 0.15) is 9.36 Å². The molecule has 0 unspecified atom stereocenters. The largest absolute Gasteiger partial charge is 0.386 e. The number of sulfone groups is 1. The van der Waals surface area contributed by atoms with Gasteiger partial charge in [-0.3, -0.25) is 0 Å². The molecule has 0 heterocycles. The topological polar surface area (TPSA) is 54.4 Å². The van der Waals surface area contributed by atoms with Gasteiger partial charge in [-0.25, -0.2) is 8.42 Å². The minimum absolute atomic E-state index is 0.630. The minimum atomic E-state index is -3.22. The van der Waals surface area contributed by atoms with Crippen molar-refractivity contribution < 1.29 is 13.5 Å². The summed E-state index contributed by atoms with van der Waals surface area (Å²) in [7, 11) is -3.22. The van der Waals surface area contributed by atoms with E-state index in [0.29, 0.717) is 5.56 Å². The van der Waals surface area contributed by atoms with Crippen molar-refractivity contribution in [3.05, 3.63) is 35.4 Å². The van der Waals surface area contributed by atoms with E-state index in [-0.39, 0.29) is 0 Å². The van der Waals surface area contributed by atoms with Crippen LogP contribution in [0, 0.1) is 6.92 Å². The van der Waals surface area contributed by atoms with Crippen molar-refractivity contribution in [3.63, 3.8) is 0 Å². The van der Waals surface area contributed by atoms with Crippen LogP contribution in [0.1, 0.15) is 17.2 Å². The van der Waals surface area contributed by atoms with Gasteiger partial charge < -0.3 is 5.11 Å². The molecule has 2 atom stereocenters. The summed E-state index contributed by atoms with van der Waals surface area (Å²) in [5, 5.41) is 9.83. The lowest BCUT2D eigenvalue weighted by Crippen LogP contribution is -2.21. The van der Waals surface area contributed by atoms with Crippen molar-refractivity contribution in [2.75, 3.05) is 6.26 Å². The monoisotopic (exact) mass is 340 g/mol. The molecule has 3 nitrogen and oxygen atoms in total. The highest BCUT2D eigenvalue weighted by molar-refractivity contribution is 14.1. The summed E-state index contributed by atoms with van der Waals surface area (Å²) in [6.07, 6.45) is 0.155. The number of aliphatic hydroxyl groups excluding tert-OH is 1. The zero-order chi connectivity index (χ0) is 11.6. The number of rotatable bonds is 3. The highest BCUT2D eigenvalue weighted by Gasteiger charge is 2.26. The van der Waals surface area contributed by atoms with Crippen molar-refractivity contribution in [1.82, 2.24) is 0 Å². The second-order valence-electron chi connectivity index (χ2n) is 3.54. The Hall–Kier alpha value is -0.140. The first-order valence-corrected chi connectivity index (χ1v) is 7.60. The Morgan fingerprint density at radius 2 is 1.73 bits per heavy atom. The number of hydrogen-bond acceptors (Lipinski definition) is 3. The van der Waals surface area contributed by atoms with Gasteiger partial charge in [-0.2, -0.15) is 0 Å². The van der Waals surface area contributed by atoms with Crippen molar-refractivity contribution in [2.24, 2.45) is 0 Å². The molecule has 0 bridgehead atoms. The Balaban J connectivity index is 2.95. The average molecular weight is 340 g/mol. The van der Waals surface area contributed by atoms with E-state index in [1.165, 1.54) is 0 Å². The predicted octanol–water partition coefficient (Wildman–Crippen LogP) is 1.83. The third-order valence-corrected chi connectivity index (χ3v) is 6.60. The highest BCUT2D eigenvalue weighted by Crippen LogP contribution is 2.26. The van der Waals surface area contributed by atoms with Crippen molar-refractivity contribution in [3.8, 4) is 0 Å². The third kappa shape index (κ3) is 3.42. The Bertz CT molecular complexity index is 424. The first-order chi connectivity index (χ1) is 6.82. The predicted molar refractivity (Wildman–Crippen MR) is 68.8 cm³/mol. The quantitative estimate of drug-likeness (QED) is 0.675. The van der Waals surface area contributed by atoms with Crippen LogP contribution in [0.4, 0.5) is 0 Å². The molecule has 84 valence electrons. The lowest BCUT2D eigenvalue weighted by Gasteiger charge is -2.16.